The Kier molecular flexibility index (Phi) is 4.47. The Balaban J connectivity index is 1.86. The highest BCUT2D eigenvalue weighted by Gasteiger charge is 2.18. The molecule has 0 bridgehead atoms. The molecule has 1 aromatic carbocycles. The molecule has 3 aromatic rings. The van der Waals surface area contributed by atoms with Crippen molar-refractivity contribution in [2.24, 2.45) is 0 Å². The minimum absolute atomic E-state index is 0.0464. The number of halogens is 1. The molecule has 118 valence electrons. The first kappa shape index (κ1) is 15.7. The van der Waals surface area contributed by atoms with E-state index < -0.39 is 10.0 Å². The van der Waals surface area contributed by atoms with E-state index in [-0.39, 0.29) is 16.5 Å². The second-order valence-corrected chi connectivity index (χ2v) is 6.89. The third-order valence-corrected chi connectivity index (χ3v) is 5.13. The van der Waals surface area contributed by atoms with Gasteiger partial charge >= 0.3 is 0 Å². The second kappa shape index (κ2) is 6.54. The molecule has 5 nitrogen and oxygen atoms in total. The molecular weight excluding hydrogens is 336 g/mol. The van der Waals surface area contributed by atoms with E-state index >= 15 is 0 Å². The Morgan fingerprint density at radius 1 is 1.09 bits per heavy atom. The standard InChI is InChI=1S/C16H13ClN2O3S/c17-13-6-1-2-8-15(13)23(20,21)19-11-12-5-3-9-18-16(12)14-7-4-10-22-14/h1-10,19H,11H2. The van der Waals surface area contributed by atoms with Crippen molar-refractivity contribution >= 4 is 21.6 Å². The predicted molar refractivity (Wildman–Crippen MR) is 87.4 cm³/mol. The van der Waals surface area contributed by atoms with E-state index in [1.165, 1.54) is 12.1 Å². The molecule has 0 saturated heterocycles. The van der Waals surface area contributed by atoms with Gasteiger partial charge in [0.15, 0.2) is 5.76 Å². The van der Waals surface area contributed by atoms with Crippen molar-refractivity contribution in [3.05, 3.63) is 71.6 Å². The van der Waals surface area contributed by atoms with Gasteiger partial charge in [-0.25, -0.2) is 13.1 Å². The third kappa shape index (κ3) is 3.44. The number of furan rings is 1. The van der Waals surface area contributed by atoms with Crippen molar-refractivity contribution in [3.63, 3.8) is 0 Å². The second-order valence-electron chi connectivity index (χ2n) is 4.74. The normalized spacial score (nSPS) is 11.5. The first-order valence-electron chi connectivity index (χ1n) is 6.80. The zero-order chi connectivity index (χ0) is 16.3. The maximum Gasteiger partial charge on any atom is 0.242 e. The number of hydrogen-bond acceptors (Lipinski definition) is 4. The molecule has 0 unspecified atom stereocenters. The zero-order valence-electron chi connectivity index (χ0n) is 11.9. The SMILES string of the molecule is O=S(=O)(NCc1cccnc1-c1ccco1)c1ccccc1Cl. The van der Waals surface area contributed by atoms with Crippen LogP contribution in [0.5, 0.6) is 0 Å². The highest BCUT2D eigenvalue weighted by Crippen LogP contribution is 2.23. The molecule has 0 radical (unpaired) electrons. The molecule has 0 fully saturated rings. The third-order valence-electron chi connectivity index (χ3n) is 3.22. The molecule has 2 aromatic heterocycles. The van der Waals surface area contributed by atoms with Crippen molar-refractivity contribution in [2.75, 3.05) is 0 Å². The number of aromatic nitrogens is 1. The summed E-state index contributed by atoms with van der Waals surface area (Å²) in [6.07, 6.45) is 3.17. The van der Waals surface area contributed by atoms with E-state index in [1.807, 2.05) is 0 Å². The van der Waals surface area contributed by atoms with Crippen LogP contribution in [-0.4, -0.2) is 13.4 Å². The average molecular weight is 349 g/mol. The van der Waals surface area contributed by atoms with Crippen LogP contribution >= 0.6 is 11.6 Å². The van der Waals surface area contributed by atoms with Crippen LogP contribution in [0, 0.1) is 0 Å². The topological polar surface area (TPSA) is 72.2 Å². The number of nitrogens with zero attached hydrogens (tertiary/aromatic N) is 1. The van der Waals surface area contributed by atoms with Crippen molar-refractivity contribution in [1.29, 1.82) is 0 Å². The summed E-state index contributed by atoms with van der Waals surface area (Å²) in [6.45, 7) is 0.0808. The van der Waals surface area contributed by atoms with Crippen LogP contribution in [0.25, 0.3) is 11.5 Å². The fraction of sp³-hybridized carbons (Fsp3) is 0.0625. The molecule has 0 aliphatic carbocycles. The first-order valence-corrected chi connectivity index (χ1v) is 8.66. The molecule has 2 heterocycles. The number of pyridine rings is 1. The lowest BCUT2D eigenvalue weighted by molar-refractivity contribution is 0.575. The molecule has 7 heteroatoms. The molecule has 0 atom stereocenters. The van der Waals surface area contributed by atoms with Crippen molar-refractivity contribution in [3.8, 4) is 11.5 Å². The highest BCUT2D eigenvalue weighted by molar-refractivity contribution is 7.89. The molecule has 23 heavy (non-hydrogen) atoms. The predicted octanol–water partition coefficient (Wildman–Crippen LogP) is 3.47. The number of rotatable bonds is 5. The van der Waals surface area contributed by atoms with Crippen LogP contribution in [0.4, 0.5) is 0 Å². The number of sulfonamides is 1. The van der Waals surface area contributed by atoms with Gasteiger partial charge in [-0.15, -0.1) is 0 Å². The Morgan fingerprint density at radius 3 is 2.65 bits per heavy atom. The number of benzene rings is 1. The van der Waals surface area contributed by atoms with E-state index in [4.69, 9.17) is 16.0 Å². The lowest BCUT2D eigenvalue weighted by atomic mass is 10.1. The highest BCUT2D eigenvalue weighted by atomic mass is 35.5. The Bertz CT molecular complexity index is 909. The first-order chi connectivity index (χ1) is 11.1. The monoisotopic (exact) mass is 348 g/mol. The molecule has 0 spiro atoms. The summed E-state index contributed by atoms with van der Waals surface area (Å²) in [4.78, 5) is 4.30. The van der Waals surface area contributed by atoms with E-state index in [0.29, 0.717) is 17.0 Å². The van der Waals surface area contributed by atoms with Crippen LogP contribution in [0.1, 0.15) is 5.56 Å². The van der Waals surface area contributed by atoms with Crippen molar-refractivity contribution in [2.45, 2.75) is 11.4 Å². The van der Waals surface area contributed by atoms with Crippen LogP contribution in [0.3, 0.4) is 0 Å². The summed E-state index contributed by atoms with van der Waals surface area (Å²) in [5, 5.41) is 0.178. The van der Waals surface area contributed by atoms with Crippen LogP contribution in [0.15, 0.2) is 70.3 Å². The van der Waals surface area contributed by atoms with Gasteiger partial charge in [-0.2, -0.15) is 0 Å². The van der Waals surface area contributed by atoms with Crippen LogP contribution < -0.4 is 4.72 Å². The minimum atomic E-state index is -3.72. The molecule has 3 rings (SSSR count). The Labute approximate surface area is 139 Å². The van der Waals surface area contributed by atoms with Gasteiger partial charge in [-0.1, -0.05) is 29.8 Å². The average Bonchev–Trinajstić information content (AvgIpc) is 3.08. The van der Waals surface area contributed by atoms with E-state index in [1.54, 1.807) is 48.9 Å². The van der Waals surface area contributed by atoms with Gasteiger partial charge in [0.25, 0.3) is 0 Å². The van der Waals surface area contributed by atoms with Gasteiger partial charge in [0.1, 0.15) is 10.6 Å². The van der Waals surface area contributed by atoms with E-state index in [9.17, 15) is 8.42 Å². The quantitative estimate of drug-likeness (QED) is 0.766. The van der Waals surface area contributed by atoms with Gasteiger partial charge < -0.3 is 4.42 Å². The van der Waals surface area contributed by atoms with E-state index in [0.717, 1.165) is 0 Å². The molecule has 0 aliphatic heterocycles. The number of hydrogen-bond donors (Lipinski definition) is 1. The van der Waals surface area contributed by atoms with Gasteiger partial charge in [0.2, 0.25) is 10.0 Å². The molecule has 0 saturated carbocycles. The summed E-state index contributed by atoms with van der Waals surface area (Å²) < 4.78 is 32.6. The van der Waals surface area contributed by atoms with Crippen molar-refractivity contribution < 1.29 is 12.8 Å². The maximum atomic E-state index is 12.4. The summed E-state index contributed by atoms with van der Waals surface area (Å²) in [7, 11) is -3.72. The number of nitrogens with one attached hydrogen (secondary N) is 1. The molecule has 1 N–H and O–H groups in total. The fourth-order valence-corrected chi connectivity index (χ4v) is 3.65. The van der Waals surface area contributed by atoms with Crippen LogP contribution in [-0.2, 0) is 16.6 Å². The fourth-order valence-electron chi connectivity index (χ4n) is 2.13. The van der Waals surface area contributed by atoms with Gasteiger partial charge in [-0.3, -0.25) is 4.98 Å². The summed E-state index contributed by atoms with van der Waals surface area (Å²) in [6, 6.07) is 13.4. The molecule has 0 aliphatic rings. The van der Waals surface area contributed by atoms with Gasteiger partial charge in [-0.05, 0) is 35.9 Å². The summed E-state index contributed by atoms with van der Waals surface area (Å²) in [5.74, 6) is 0.581. The van der Waals surface area contributed by atoms with Crippen molar-refractivity contribution in [1.82, 2.24) is 9.71 Å². The zero-order valence-corrected chi connectivity index (χ0v) is 13.5. The largest absolute Gasteiger partial charge is 0.463 e. The van der Waals surface area contributed by atoms with Gasteiger partial charge in [0, 0.05) is 12.7 Å². The Morgan fingerprint density at radius 2 is 1.91 bits per heavy atom. The van der Waals surface area contributed by atoms with E-state index in [2.05, 4.69) is 9.71 Å². The molecular formula is C16H13ClN2O3S. The minimum Gasteiger partial charge on any atom is -0.463 e. The lowest BCUT2D eigenvalue weighted by Crippen LogP contribution is -2.24. The summed E-state index contributed by atoms with van der Waals surface area (Å²) in [5.41, 5.74) is 1.30. The van der Waals surface area contributed by atoms with Crippen LogP contribution in [0.2, 0.25) is 5.02 Å². The Hall–Kier alpha value is -2.15. The smallest absolute Gasteiger partial charge is 0.242 e. The summed E-state index contributed by atoms with van der Waals surface area (Å²) >= 11 is 5.96. The van der Waals surface area contributed by atoms with Gasteiger partial charge in [0.05, 0.1) is 11.3 Å². The maximum absolute atomic E-state index is 12.4. The lowest BCUT2D eigenvalue weighted by Gasteiger charge is -2.10. The molecule has 0 amide bonds.